The molecule has 9 heteroatoms. The monoisotopic (exact) mass is 342 g/mol. The quantitative estimate of drug-likeness (QED) is 0.754. The van der Waals surface area contributed by atoms with Crippen LogP contribution >= 0.6 is 0 Å². The van der Waals surface area contributed by atoms with Gasteiger partial charge in [-0.2, -0.15) is 5.10 Å². The van der Waals surface area contributed by atoms with Crippen molar-refractivity contribution in [2.45, 2.75) is 25.5 Å². The number of benzene rings is 1. The van der Waals surface area contributed by atoms with Gasteiger partial charge in [-0.25, -0.2) is 18.0 Å². The van der Waals surface area contributed by atoms with Gasteiger partial charge >= 0.3 is 6.03 Å². The Balaban J connectivity index is 1.88. The normalized spacial score (nSPS) is 13.6. The lowest BCUT2D eigenvalue weighted by atomic mass is 9.96. The number of anilines is 1. The molecule has 1 heterocycles. The highest BCUT2D eigenvalue weighted by Gasteiger charge is 2.24. The highest BCUT2D eigenvalue weighted by Crippen LogP contribution is 2.19. The van der Waals surface area contributed by atoms with Gasteiger partial charge in [-0.15, -0.1) is 0 Å². The second kappa shape index (κ2) is 7.35. The third kappa shape index (κ3) is 4.98. The molecular formula is C15H17F3N4O2. The van der Waals surface area contributed by atoms with Gasteiger partial charge < -0.3 is 10.4 Å². The van der Waals surface area contributed by atoms with E-state index in [4.69, 9.17) is 0 Å². The van der Waals surface area contributed by atoms with Crippen molar-refractivity contribution in [3.63, 3.8) is 0 Å². The maximum atomic E-state index is 12.9. The van der Waals surface area contributed by atoms with Crippen molar-refractivity contribution >= 4 is 11.8 Å². The van der Waals surface area contributed by atoms with Gasteiger partial charge in [-0.3, -0.25) is 10.00 Å². The van der Waals surface area contributed by atoms with E-state index in [1.54, 1.807) is 0 Å². The second-order valence-electron chi connectivity index (χ2n) is 5.40. The zero-order chi connectivity index (χ0) is 17.7. The zero-order valence-electron chi connectivity index (χ0n) is 12.8. The van der Waals surface area contributed by atoms with Crippen LogP contribution in [0.1, 0.15) is 12.5 Å². The van der Waals surface area contributed by atoms with Gasteiger partial charge in [0.2, 0.25) is 0 Å². The number of nitrogens with one attached hydrogen (secondary N) is 2. The van der Waals surface area contributed by atoms with Crippen molar-refractivity contribution < 1.29 is 23.1 Å². The third-order valence-electron chi connectivity index (χ3n) is 3.27. The van der Waals surface area contributed by atoms with Gasteiger partial charge in [0, 0.05) is 12.3 Å². The van der Waals surface area contributed by atoms with Crippen molar-refractivity contribution in [3.8, 4) is 0 Å². The molecule has 1 aromatic heterocycles. The average Bonchev–Trinajstić information content (AvgIpc) is 2.92. The predicted molar refractivity (Wildman–Crippen MR) is 81.2 cm³/mol. The zero-order valence-corrected chi connectivity index (χ0v) is 12.8. The highest BCUT2D eigenvalue weighted by atomic mass is 19.3. The number of halogens is 3. The highest BCUT2D eigenvalue weighted by molar-refractivity contribution is 5.88. The minimum absolute atomic E-state index is 0.106. The summed E-state index contributed by atoms with van der Waals surface area (Å²) in [4.78, 5) is 11.8. The van der Waals surface area contributed by atoms with E-state index in [1.165, 1.54) is 43.5 Å². The van der Waals surface area contributed by atoms with E-state index >= 15 is 0 Å². The summed E-state index contributed by atoms with van der Waals surface area (Å²) in [6.45, 7) is 0.767. The first-order valence-electron chi connectivity index (χ1n) is 7.11. The summed E-state index contributed by atoms with van der Waals surface area (Å²) < 4.78 is 38.3. The Morgan fingerprint density at radius 2 is 2.00 bits per heavy atom. The van der Waals surface area contributed by atoms with Crippen LogP contribution in [0.5, 0.6) is 0 Å². The van der Waals surface area contributed by atoms with Gasteiger partial charge in [0.05, 0.1) is 6.54 Å². The summed E-state index contributed by atoms with van der Waals surface area (Å²) in [6, 6.07) is 5.97. The predicted octanol–water partition coefficient (Wildman–Crippen LogP) is 2.32. The molecule has 0 aliphatic carbocycles. The molecule has 0 fully saturated rings. The van der Waals surface area contributed by atoms with E-state index in [0.717, 1.165) is 4.68 Å². The summed E-state index contributed by atoms with van der Waals surface area (Å²) in [6.07, 6.45) is -1.23. The second-order valence-corrected chi connectivity index (χ2v) is 5.40. The number of amides is 2. The number of hydrogen-bond acceptors (Lipinski definition) is 3. The third-order valence-corrected chi connectivity index (χ3v) is 3.27. The number of carbonyl (C=O) groups is 1. The van der Waals surface area contributed by atoms with Gasteiger partial charge in [-0.05, 0) is 24.6 Å². The van der Waals surface area contributed by atoms with Crippen LogP contribution in [0.25, 0.3) is 0 Å². The minimum Gasteiger partial charge on any atom is -0.384 e. The standard InChI is InChI=1S/C15H17F3N4O2/c1-15(24,10-2-4-11(16)5-3-10)9-19-14(23)20-13-6-7-22(21-13)8-12(17)18/h2-7,12,24H,8-9H2,1H3,(H2,19,20,21,23). The number of urea groups is 1. The van der Waals surface area contributed by atoms with Crippen LogP contribution in [0.15, 0.2) is 36.5 Å². The molecule has 0 saturated carbocycles. The molecule has 1 aromatic carbocycles. The fourth-order valence-electron chi connectivity index (χ4n) is 2.00. The van der Waals surface area contributed by atoms with Gasteiger partial charge in [0.25, 0.3) is 6.43 Å². The van der Waals surface area contributed by atoms with E-state index in [2.05, 4.69) is 15.7 Å². The summed E-state index contributed by atoms with van der Waals surface area (Å²) in [5.74, 6) is -0.325. The molecule has 1 unspecified atom stereocenters. The van der Waals surface area contributed by atoms with Crippen LogP contribution in [0.3, 0.4) is 0 Å². The number of alkyl halides is 2. The summed E-state index contributed by atoms with van der Waals surface area (Å²) in [5, 5.41) is 18.9. The summed E-state index contributed by atoms with van der Waals surface area (Å²) in [5.41, 5.74) is -0.967. The van der Waals surface area contributed by atoms with Crippen molar-refractivity contribution in [1.82, 2.24) is 15.1 Å². The van der Waals surface area contributed by atoms with Gasteiger partial charge in [0.15, 0.2) is 5.82 Å². The van der Waals surface area contributed by atoms with Crippen LogP contribution < -0.4 is 10.6 Å². The first kappa shape index (κ1) is 17.8. The first-order chi connectivity index (χ1) is 11.3. The molecule has 0 aliphatic rings. The van der Waals surface area contributed by atoms with Crippen LogP contribution in [0, 0.1) is 5.82 Å². The first-order valence-corrected chi connectivity index (χ1v) is 7.11. The smallest absolute Gasteiger partial charge is 0.320 e. The molecular weight excluding hydrogens is 325 g/mol. The Morgan fingerprint density at radius 1 is 1.33 bits per heavy atom. The SMILES string of the molecule is CC(O)(CNC(=O)Nc1ccn(CC(F)F)n1)c1ccc(F)cc1. The molecule has 3 N–H and O–H groups in total. The Labute approximate surface area is 136 Å². The molecule has 0 saturated heterocycles. The van der Waals surface area contributed by atoms with Gasteiger partial charge in [0.1, 0.15) is 18.0 Å². The molecule has 6 nitrogen and oxygen atoms in total. The number of aromatic nitrogens is 2. The largest absolute Gasteiger partial charge is 0.384 e. The van der Waals surface area contributed by atoms with Crippen molar-refractivity contribution in [1.29, 1.82) is 0 Å². The van der Waals surface area contributed by atoms with E-state index in [9.17, 15) is 23.1 Å². The Morgan fingerprint density at radius 3 is 2.62 bits per heavy atom. The maximum absolute atomic E-state index is 12.9. The lowest BCUT2D eigenvalue weighted by Crippen LogP contribution is -2.40. The molecule has 2 amide bonds. The summed E-state index contributed by atoms with van der Waals surface area (Å²) in [7, 11) is 0. The lowest BCUT2D eigenvalue weighted by molar-refractivity contribution is 0.0599. The van der Waals surface area contributed by atoms with Crippen LogP contribution in [-0.4, -0.2) is 33.9 Å². The van der Waals surface area contributed by atoms with E-state index in [-0.39, 0.29) is 12.4 Å². The van der Waals surface area contributed by atoms with Crippen molar-refractivity contribution in [2.75, 3.05) is 11.9 Å². The number of hydrogen-bond donors (Lipinski definition) is 3. The molecule has 0 aliphatic heterocycles. The number of aliphatic hydroxyl groups is 1. The average molecular weight is 342 g/mol. The topological polar surface area (TPSA) is 79.2 Å². The Bertz CT molecular complexity index is 686. The minimum atomic E-state index is -2.54. The molecule has 2 rings (SSSR count). The van der Waals surface area contributed by atoms with Crippen LogP contribution in [-0.2, 0) is 12.1 Å². The lowest BCUT2D eigenvalue weighted by Gasteiger charge is -2.24. The molecule has 0 radical (unpaired) electrons. The molecule has 0 bridgehead atoms. The van der Waals surface area contributed by atoms with Crippen LogP contribution in [0.2, 0.25) is 0 Å². The summed E-state index contributed by atoms with van der Waals surface area (Å²) >= 11 is 0. The molecule has 0 spiro atoms. The molecule has 2 aromatic rings. The molecule has 130 valence electrons. The van der Waals surface area contributed by atoms with Gasteiger partial charge in [-0.1, -0.05) is 12.1 Å². The Hall–Kier alpha value is -2.55. The maximum Gasteiger partial charge on any atom is 0.320 e. The molecule has 1 atom stereocenters. The number of nitrogens with zero attached hydrogens (tertiary/aromatic N) is 2. The van der Waals surface area contributed by atoms with E-state index < -0.39 is 30.4 Å². The van der Waals surface area contributed by atoms with E-state index in [0.29, 0.717) is 5.56 Å². The number of rotatable bonds is 6. The Kier molecular flexibility index (Phi) is 5.45. The fourth-order valence-corrected chi connectivity index (χ4v) is 2.00. The van der Waals surface area contributed by atoms with E-state index in [1.807, 2.05) is 0 Å². The number of carbonyl (C=O) groups excluding carboxylic acids is 1. The van der Waals surface area contributed by atoms with Crippen molar-refractivity contribution in [2.24, 2.45) is 0 Å². The van der Waals surface area contributed by atoms with Crippen molar-refractivity contribution in [3.05, 3.63) is 47.9 Å². The van der Waals surface area contributed by atoms with Crippen LogP contribution in [0.4, 0.5) is 23.8 Å². The fraction of sp³-hybridized carbons (Fsp3) is 0.333. The molecule has 24 heavy (non-hydrogen) atoms.